The summed E-state index contributed by atoms with van der Waals surface area (Å²) in [4.78, 5) is 10.6. The average Bonchev–Trinajstić information content (AvgIpc) is 3.38. The zero-order valence-corrected chi connectivity index (χ0v) is 14.0. The predicted molar refractivity (Wildman–Crippen MR) is 94.1 cm³/mol. The largest absolute Gasteiger partial charge is 0.356 e. The van der Waals surface area contributed by atoms with Crippen molar-refractivity contribution in [2.45, 2.75) is 18.8 Å². The summed E-state index contributed by atoms with van der Waals surface area (Å²) in [6, 6.07) is 7.65. The Labute approximate surface area is 149 Å². The van der Waals surface area contributed by atoms with Gasteiger partial charge in [-0.1, -0.05) is 0 Å². The molecule has 0 unspecified atom stereocenters. The molecule has 0 atom stereocenters. The lowest BCUT2D eigenvalue weighted by atomic mass is 9.96. The Hall–Kier alpha value is -3.36. The van der Waals surface area contributed by atoms with E-state index in [0.29, 0.717) is 5.92 Å². The first kappa shape index (κ1) is 14.9. The molecule has 1 aliphatic rings. The first-order valence-electron chi connectivity index (χ1n) is 8.62. The molecule has 9 heteroatoms. The molecule has 5 rings (SSSR count). The summed E-state index contributed by atoms with van der Waals surface area (Å²) >= 11 is 0. The second-order valence-corrected chi connectivity index (χ2v) is 6.30. The van der Waals surface area contributed by atoms with Crippen LogP contribution in [0.5, 0.6) is 0 Å². The van der Waals surface area contributed by atoms with Crippen LogP contribution in [0, 0.1) is 0 Å². The Morgan fingerprint density at radius 2 is 1.88 bits per heavy atom. The fourth-order valence-electron chi connectivity index (χ4n) is 3.41. The van der Waals surface area contributed by atoms with E-state index in [1.807, 2.05) is 35.0 Å². The zero-order chi connectivity index (χ0) is 17.3. The van der Waals surface area contributed by atoms with E-state index in [0.717, 1.165) is 49.0 Å². The van der Waals surface area contributed by atoms with Gasteiger partial charge in [0.05, 0.1) is 0 Å². The monoisotopic (exact) mass is 347 g/mol. The van der Waals surface area contributed by atoms with Gasteiger partial charge >= 0.3 is 0 Å². The Kier molecular flexibility index (Phi) is 3.55. The highest BCUT2D eigenvalue weighted by atomic mass is 15.4. The molecule has 0 aliphatic carbocycles. The maximum atomic E-state index is 4.69. The van der Waals surface area contributed by atoms with Gasteiger partial charge in [0.2, 0.25) is 0 Å². The Balaban J connectivity index is 1.40. The van der Waals surface area contributed by atoms with Gasteiger partial charge in [0.1, 0.15) is 12.1 Å². The van der Waals surface area contributed by atoms with Crippen molar-refractivity contribution < 1.29 is 0 Å². The number of nitrogens with zero attached hydrogens (tertiary/aromatic N) is 9. The Morgan fingerprint density at radius 1 is 0.962 bits per heavy atom. The summed E-state index contributed by atoms with van der Waals surface area (Å²) in [5, 5.41) is 17.6. The molecule has 0 radical (unpaired) electrons. The van der Waals surface area contributed by atoms with Gasteiger partial charge in [-0.05, 0) is 37.1 Å². The minimum absolute atomic E-state index is 0.323. The van der Waals surface area contributed by atoms with Crippen molar-refractivity contribution in [1.82, 2.24) is 39.6 Å². The first-order valence-corrected chi connectivity index (χ1v) is 8.62. The highest BCUT2D eigenvalue weighted by Crippen LogP contribution is 2.28. The average molecular weight is 347 g/mol. The standard InChI is InChI=1S/C17H17N9/c1-7-20-25(9-1)16-3-2-15-21-22-17(26(15)23-16)13-5-10-24(11-6-13)14-4-8-18-12-19-14/h1-4,7-9,12-13H,5-6,10-11H2. The van der Waals surface area contributed by atoms with Crippen LogP contribution in [0.4, 0.5) is 5.82 Å². The van der Waals surface area contributed by atoms with Crippen LogP contribution in [-0.4, -0.2) is 52.6 Å². The molecular formula is C17H17N9. The van der Waals surface area contributed by atoms with Crippen LogP contribution in [0.25, 0.3) is 11.5 Å². The lowest BCUT2D eigenvalue weighted by Gasteiger charge is -2.31. The number of aromatic nitrogens is 8. The van der Waals surface area contributed by atoms with Gasteiger partial charge in [-0.15, -0.1) is 15.3 Å². The molecule has 130 valence electrons. The third kappa shape index (κ3) is 2.57. The van der Waals surface area contributed by atoms with E-state index in [1.54, 1.807) is 23.4 Å². The van der Waals surface area contributed by atoms with Crippen LogP contribution in [0.1, 0.15) is 24.6 Å². The van der Waals surface area contributed by atoms with Gasteiger partial charge in [-0.25, -0.2) is 14.6 Å². The molecule has 1 aliphatic heterocycles. The number of anilines is 1. The summed E-state index contributed by atoms with van der Waals surface area (Å²) in [5.41, 5.74) is 0.758. The second kappa shape index (κ2) is 6.17. The SMILES string of the molecule is c1cnn(-c2ccc3nnc(C4CCN(c5ccncn5)CC4)n3n2)c1. The fraction of sp³-hybridized carbons (Fsp3) is 0.294. The van der Waals surface area contributed by atoms with Gasteiger partial charge in [-0.3, -0.25) is 0 Å². The molecule has 9 nitrogen and oxygen atoms in total. The van der Waals surface area contributed by atoms with E-state index in [9.17, 15) is 0 Å². The van der Waals surface area contributed by atoms with Crippen molar-refractivity contribution in [1.29, 1.82) is 0 Å². The number of piperidine rings is 1. The minimum atomic E-state index is 0.323. The second-order valence-electron chi connectivity index (χ2n) is 6.30. The molecule has 1 fully saturated rings. The van der Waals surface area contributed by atoms with Gasteiger partial charge in [0, 0.05) is 37.6 Å². The summed E-state index contributed by atoms with van der Waals surface area (Å²) in [6.07, 6.45) is 8.95. The van der Waals surface area contributed by atoms with Gasteiger partial charge in [0.15, 0.2) is 17.3 Å². The Bertz CT molecular complexity index is 1000. The van der Waals surface area contributed by atoms with Crippen LogP contribution in [0.15, 0.2) is 49.2 Å². The van der Waals surface area contributed by atoms with Crippen molar-refractivity contribution in [2.24, 2.45) is 0 Å². The van der Waals surface area contributed by atoms with E-state index in [2.05, 4.69) is 35.3 Å². The van der Waals surface area contributed by atoms with Crippen LogP contribution in [-0.2, 0) is 0 Å². The maximum Gasteiger partial charge on any atom is 0.178 e. The molecule has 5 heterocycles. The molecule has 1 saturated heterocycles. The van der Waals surface area contributed by atoms with Crippen molar-refractivity contribution in [3.05, 3.63) is 55.0 Å². The fourth-order valence-corrected chi connectivity index (χ4v) is 3.41. The summed E-state index contributed by atoms with van der Waals surface area (Å²) in [7, 11) is 0. The number of fused-ring (bicyclic) bond motifs is 1. The third-order valence-electron chi connectivity index (χ3n) is 4.76. The first-order chi connectivity index (χ1) is 12.9. The summed E-state index contributed by atoms with van der Waals surface area (Å²) < 4.78 is 3.59. The van der Waals surface area contributed by atoms with Gasteiger partial charge < -0.3 is 4.90 Å². The topological polar surface area (TPSA) is 89.9 Å². The van der Waals surface area contributed by atoms with Gasteiger partial charge in [0.25, 0.3) is 0 Å². The van der Waals surface area contributed by atoms with Crippen molar-refractivity contribution >= 4 is 11.5 Å². The summed E-state index contributed by atoms with van der Waals surface area (Å²) in [5.74, 6) is 2.96. The highest BCUT2D eigenvalue weighted by Gasteiger charge is 2.25. The lowest BCUT2D eigenvalue weighted by Crippen LogP contribution is -2.34. The predicted octanol–water partition coefficient (Wildman–Crippen LogP) is 1.48. The molecule has 0 saturated carbocycles. The molecule has 26 heavy (non-hydrogen) atoms. The van der Waals surface area contributed by atoms with E-state index < -0.39 is 0 Å². The van der Waals surface area contributed by atoms with Crippen LogP contribution < -0.4 is 4.90 Å². The lowest BCUT2D eigenvalue weighted by molar-refractivity contribution is 0.474. The molecule has 0 spiro atoms. The van der Waals surface area contributed by atoms with Crippen molar-refractivity contribution in [2.75, 3.05) is 18.0 Å². The molecule has 4 aromatic rings. The van der Waals surface area contributed by atoms with Gasteiger partial charge in [-0.2, -0.15) is 9.61 Å². The number of hydrogen-bond donors (Lipinski definition) is 0. The molecule has 0 aromatic carbocycles. The van der Waals surface area contributed by atoms with Crippen LogP contribution in [0.3, 0.4) is 0 Å². The highest BCUT2D eigenvalue weighted by molar-refractivity contribution is 5.41. The van der Waals surface area contributed by atoms with Crippen LogP contribution in [0.2, 0.25) is 0 Å². The minimum Gasteiger partial charge on any atom is -0.356 e. The third-order valence-corrected chi connectivity index (χ3v) is 4.76. The van der Waals surface area contributed by atoms with Crippen LogP contribution >= 0.6 is 0 Å². The van der Waals surface area contributed by atoms with Crippen molar-refractivity contribution in [3.8, 4) is 5.82 Å². The molecular weight excluding hydrogens is 330 g/mol. The Morgan fingerprint density at radius 3 is 2.65 bits per heavy atom. The molecule has 0 amide bonds. The van der Waals surface area contributed by atoms with E-state index in [1.165, 1.54) is 0 Å². The maximum absolute atomic E-state index is 4.69. The molecule has 0 N–H and O–H groups in total. The zero-order valence-electron chi connectivity index (χ0n) is 14.0. The van der Waals surface area contributed by atoms with E-state index in [-0.39, 0.29) is 0 Å². The molecule has 0 bridgehead atoms. The number of hydrogen-bond acceptors (Lipinski definition) is 7. The molecule has 4 aromatic heterocycles. The van der Waals surface area contributed by atoms with Crippen molar-refractivity contribution in [3.63, 3.8) is 0 Å². The van der Waals surface area contributed by atoms with E-state index >= 15 is 0 Å². The normalized spacial score (nSPS) is 15.6. The summed E-state index contributed by atoms with van der Waals surface area (Å²) in [6.45, 7) is 1.85. The quantitative estimate of drug-likeness (QED) is 0.554. The smallest absolute Gasteiger partial charge is 0.178 e. The van der Waals surface area contributed by atoms with E-state index in [4.69, 9.17) is 0 Å². The number of rotatable bonds is 3.